The second kappa shape index (κ2) is 4.13. The summed E-state index contributed by atoms with van der Waals surface area (Å²) in [5.74, 6) is -0.310. The van der Waals surface area contributed by atoms with Crippen molar-refractivity contribution in [2.45, 2.75) is 25.9 Å². The van der Waals surface area contributed by atoms with E-state index in [-0.39, 0.29) is 17.3 Å². The lowest BCUT2D eigenvalue weighted by atomic mass is 10.1. The number of aromatic nitrogens is 1. The molecule has 100 valence electrons. The molecule has 0 bridgehead atoms. The Hall–Kier alpha value is -0.750. The molecule has 0 spiro atoms. The van der Waals surface area contributed by atoms with Gasteiger partial charge in [0.1, 0.15) is 5.03 Å². The van der Waals surface area contributed by atoms with E-state index in [0.29, 0.717) is 5.13 Å². The van der Waals surface area contributed by atoms with Gasteiger partial charge in [0, 0.05) is 11.3 Å². The van der Waals surface area contributed by atoms with Gasteiger partial charge in [0.05, 0.1) is 5.69 Å². The van der Waals surface area contributed by atoms with Crippen molar-refractivity contribution in [3.05, 3.63) is 22.2 Å². The second-order valence-electron chi connectivity index (χ2n) is 4.95. The molecule has 0 radical (unpaired) electrons. The molecule has 0 aliphatic heterocycles. The Labute approximate surface area is 112 Å². The Balaban J connectivity index is 2.22. The van der Waals surface area contributed by atoms with Crippen LogP contribution in [0, 0.1) is 11.3 Å². The summed E-state index contributed by atoms with van der Waals surface area (Å²) in [4.78, 5) is 4.13. The van der Waals surface area contributed by atoms with Gasteiger partial charge >= 0.3 is 6.18 Å². The summed E-state index contributed by atoms with van der Waals surface area (Å²) in [6.45, 7) is 3.80. The lowest BCUT2D eigenvalue weighted by molar-refractivity contribution is -0.0848. The molecule has 18 heavy (non-hydrogen) atoms. The van der Waals surface area contributed by atoms with E-state index in [9.17, 15) is 13.2 Å². The summed E-state index contributed by atoms with van der Waals surface area (Å²) < 4.78 is 37.2. The maximum Gasteiger partial charge on any atom is 0.426 e. The van der Waals surface area contributed by atoms with Crippen LogP contribution in [-0.2, 0) is 0 Å². The third kappa shape index (κ3) is 2.36. The van der Waals surface area contributed by atoms with Gasteiger partial charge in [-0.15, -0.1) is 11.3 Å². The number of thiazole rings is 1. The van der Waals surface area contributed by atoms with Crippen molar-refractivity contribution in [1.82, 2.24) is 4.98 Å². The van der Waals surface area contributed by atoms with Crippen molar-refractivity contribution < 1.29 is 13.2 Å². The molecule has 2 atom stereocenters. The van der Waals surface area contributed by atoms with Crippen LogP contribution in [0.3, 0.4) is 0 Å². The van der Waals surface area contributed by atoms with E-state index in [4.69, 9.17) is 17.3 Å². The predicted octanol–water partition coefficient (Wildman–Crippen LogP) is 4.15. The third-order valence-corrected chi connectivity index (χ3v) is 4.40. The molecule has 0 aromatic carbocycles. The highest BCUT2D eigenvalue weighted by atomic mass is 35.5. The maximum absolute atomic E-state index is 12.4. The Kier molecular flexibility index (Phi) is 3.14. The van der Waals surface area contributed by atoms with Crippen LogP contribution in [0.25, 0.3) is 0 Å². The Morgan fingerprint density at radius 3 is 2.61 bits per heavy atom. The molecular formula is C11H12ClF3N2S. The van der Waals surface area contributed by atoms with E-state index in [1.54, 1.807) is 5.38 Å². The summed E-state index contributed by atoms with van der Waals surface area (Å²) >= 11 is 6.56. The van der Waals surface area contributed by atoms with E-state index < -0.39 is 11.2 Å². The number of rotatable bonds is 2. The smallest absolute Gasteiger partial charge is 0.375 e. The lowest BCUT2D eigenvalue weighted by Crippen LogP contribution is -2.07. The highest BCUT2D eigenvalue weighted by Crippen LogP contribution is 2.65. The van der Waals surface area contributed by atoms with E-state index >= 15 is 0 Å². The molecule has 0 saturated heterocycles. The van der Waals surface area contributed by atoms with Gasteiger partial charge in [-0.25, -0.2) is 4.98 Å². The minimum Gasteiger partial charge on any atom is -0.375 e. The molecule has 2 N–H and O–H groups in total. The van der Waals surface area contributed by atoms with Crippen molar-refractivity contribution in [3.8, 4) is 0 Å². The monoisotopic (exact) mass is 296 g/mol. The molecule has 1 fully saturated rings. The van der Waals surface area contributed by atoms with Crippen LogP contribution in [0.1, 0.15) is 25.5 Å². The number of hydrogen-bond donors (Lipinski definition) is 1. The topological polar surface area (TPSA) is 38.9 Å². The summed E-state index contributed by atoms with van der Waals surface area (Å²) in [7, 11) is 0. The molecule has 1 aliphatic rings. The Morgan fingerprint density at radius 2 is 2.17 bits per heavy atom. The van der Waals surface area contributed by atoms with Gasteiger partial charge in [-0.1, -0.05) is 31.5 Å². The lowest BCUT2D eigenvalue weighted by Gasteiger charge is -2.04. The van der Waals surface area contributed by atoms with Gasteiger partial charge in [0.25, 0.3) is 0 Å². The van der Waals surface area contributed by atoms with Gasteiger partial charge < -0.3 is 5.73 Å². The van der Waals surface area contributed by atoms with Crippen LogP contribution in [-0.4, -0.2) is 11.2 Å². The first-order chi connectivity index (χ1) is 8.14. The highest BCUT2D eigenvalue weighted by molar-refractivity contribution is 7.13. The van der Waals surface area contributed by atoms with Crippen molar-refractivity contribution >= 4 is 28.1 Å². The number of hydrogen-bond acceptors (Lipinski definition) is 3. The summed E-state index contributed by atoms with van der Waals surface area (Å²) in [6, 6.07) is 0. The zero-order valence-electron chi connectivity index (χ0n) is 9.75. The average molecular weight is 297 g/mol. The number of allylic oxidation sites excluding steroid dienone is 2. The molecule has 1 saturated carbocycles. The fourth-order valence-electron chi connectivity index (χ4n) is 2.25. The first-order valence-electron chi connectivity index (χ1n) is 5.29. The minimum atomic E-state index is -4.48. The van der Waals surface area contributed by atoms with Crippen LogP contribution in [0.2, 0.25) is 0 Å². The van der Waals surface area contributed by atoms with Gasteiger partial charge in [-0.3, -0.25) is 0 Å². The van der Waals surface area contributed by atoms with Gasteiger partial charge in [0.2, 0.25) is 0 Å². The number of anilines is 1. The molecule has 1 aliphatic carbocycles. The fourth-order valence-corrected chi connectivity index (χ4v) is 2.98. The predicted molar refractivity (Wildman–Crippen MR) is 66.5 cm³/mol. The molecule has 0 amide bonds. The highest BCUT2D eigenvalue weighted by Gasteiger charge is 2.58. The van der Waals surface area contributed by atoms with Gasteiger partial charge in [-0.2, -0.15) is 13.2 Å². The number of nitrogen functional groups attached to an aromatic ring is 1. The van der Waals surface area contributed by atoms with Crippen LogP contribution in [0.4, 0.5) is 18.3 Å². The quantitative estimate of drug-likeness (QED) is 0.890. The minimum absolute atomic E-state index is 0.0536. The molecule has 1 heterocycles. The van der Waals surface area contributed by atoms with Crippen molar-refractivity contribution in [3.63, 3.8) is 0 Å². The normalized spacial score (nSPS) is 27.3. The fraction of sp³-hybridized carbons (Fsp3) is 0.545. The zero-order chi connectivity index (χ0) is 13.7. The first kappa shape index (κ1) is 13.7. The Bertz CT molecular complexity index is 493. The largest absolute Gasteiger partial charge is 0.426 e. The summed E-state index contributed by atoms with van der Waals surface area (Å²) in [5, 5.41) is 1.15. The SMILES string of the molecule is CC1(C)[C@H](/C=C(/Cl)C(F)(F)F)[C@@H]1c1csc(N)n1. The van der Waals surface area contributed by atoms with Crippen LogP contribution >= 0.6 is 22.9 Å². The number of alkyl halides is 3. The van der Waals surface area contributed by atoms with Gasteiger partial charge in [-0.05, 0) is 11.3 Å². The Morgan fingerprint density at radius 1 is 1.56 bits per heavy atom. The van der Waals surface area contributed by atoms with Crippen molar-refractivity contribution in [2.75, 3.05) is 5.73 Å². The first-order valence-corrected chi connectivity index (χ1v) is 6.55. The molecule has 2 nitrogen and oxygen atoms in total. The van der Waals surface area contributed by atoms with E-state index in [1.165, 1.54) is 11.3 Å². The van der Waals surface area contributed by atoms with E-state index in [1.807, 2.05) is 13.8 Å². The summed E-state index contributed by atoms with van der Waals surface area (Å²) in [6.07, 6.45) is -3.40. The zero-order valence-corrected chi connectivity index (χ0v) is 11.3. The van der Waals surface area contributed by atoms with E-state index in [0.717, 1.165) is 11.8 Å². The number of nitrogens with two attached hydrogens (primary N) is 1. The van der Waals surface area contributed by atoms with Crippen molar-refractivity contribution in [2.24, 2.45) is 11.3 Å². The third-order valence-electron chi connectivity index (χ3n) is 3.37. The number of nitrogens with zero attached hydrogens (tertiary/aromatic N) is 1. The van der Waals surface area contributed by atoms with Crippen molar-refractivity contribution in [1.29, 1.82) is 0 Å². The molecule has 2 rings (SSSR count). The van der Waals surface area contributed by atoms with E-state index in [2.05, 4.69) is 4.98 Å². The van der Waals surface area contributed by atoms with Crippen LogP contribution in [0.5, 0.6) is 0 Å². The number of halogens is 4. The van der Waals surface area contributed by atoms with Crippen LogP contribution < -0.4 is 5.73 Å². The second-order valence-corrected chi connectivity index (χ2v) is 6.24. The summed E-state index contributed by atoms with van der Waals surface area (Å²) in [5.41, 5.74) is 6.01. The maximum atomic E-state index is 12.4. The molecule has 1 aromatic rings. The molecule has 0 unspecified atom stereocenters. The van der Waals surface area contributed by atoms with Gasteiger partial charge in [0.15, 0.2) is 5.13 Å². The average Bonchev–Trinajstić information content (AvgIpc) is 2.56. The van der Waals surface area contributed by atoms with Crippen LogP contribution in [0.15, 0.2) is 16.5 Å². The molecule has 1 aromatic heterocycles. The standard InChI is InChI=1S/C11H12ClF3N2S/c1-10(2)5(3-7(12)11(13,14)15)8(10)6-4-18-9(16)17-6/h3-5,8H,1-2H3,(H2,16,17)/b7-3+/t5-,8-/m1/s1. The molecule has 7 heteroatoms. The molecular weight excluding hydrogens is 285 g/mol.